The van der Waals surface area contributed by atoms with Crippen molar-refractivity contribution < 1.29 is 9.53 Å². The number of amides is 1. The number of likely N-dealkylation sites (N-methyl/N-ethyl adjacent to an activating group) is 1. The lowest BCUT2D eigenvalue weighted by Crippen LogP contribution is -2.53. The van der Waals surface area contributed by atoms with Crippen molar-refractivity contribution in [1.29, 1.82) is 5.26 Å². The van der Waals surface area contributed by atoms with E-state index < -0.39 is 0 Å². The molecule has 0 aromatic heterocycles. The van der Waals surface area contributed by atoms with Gasteiger partial charge in [-0.1, -0.05) is 12.1 Å². The van der Waals surface area contributed by atoms with Gasteiger partial charge in [-0.25, -0.2) is 0 Å². The number of para-hydroxylation sites is 1. The molecule has 0 radical (unpaired) electrons. The van der Waals surface area contributed by atoms with Crippen LogP contribution in [-0.2, 0) is 9.53 Å². The summed E-state index contributed by atoms with van der Waals surface area (Å²) in [5.74, 6) is -0.107. The van der Waals surface area contributed by atoms with Gasteiger partial charge in [-0.15, -0.1) is 0 Å². The fourth-order valence-corrected chi connectivity index (χ4v) is 2.13. The predicted octanol–water partition coefficient (Wildman–Crippen LogP) is 0.509. The Bertz CT molecular complexity index is 479. The second kappa shape index (κ2) is 5.63. The number of hydrogen-bond acceptors (Lipinski definition) is 4. The Labute approximate surface area is 106 Å². The van der Waals surface area contributed by atoms with Crippen molar-refractivity contribution in [2.75, 3.05) is 31.7 Å². The van der Waals surface area contributed by atoms with Crippen molar-refractivity contribution in [2.45, 2.75) is 6.04 Å². The molecule has 1 aromatic carbocycles. The Balaban J connectivity index is 2.38. The summed E-state index contributed by atoms with van der Waals surface area (Å²) in [7, 11) is 1.83. The number of carbonyl (C=O) groups excluding carboxylic acids is 1. The number of nitriles is 1. The van der Waals surface area contributed by atoms with E-state index >= 15 is 0 Å². The molecule has 5 heteroatoms. The highest BCUT2D eigenvalue weighted by Crippen LogP contribution is 2.24. The van der Waals surface area contributed by atoms with Crippen LogP contribution in [0.2, 0.25) is 0 Å². The summed E-state index contributed by atoms with van der Waals surface area (Å²) in [6.07, 6.45) is 0. The van der Waals surface area contributed by atoms with Crippen LogP contribution in [0.15, 0.2) is 24.3 Å². The lowest BCUT2D eigenvalue weighted by atomic mass is 10.1. The summed E-state index contributed by atoms with van der Waals surface area (Å²) in [4.78, 5) is 13.7. The number of hydrogen-bond donors (Lipinski definition) is 1. The maximum atomic E-state index is 12.0. The molecule has 18 heavy (non-hydrogen) atoms. The van der Waals surface area contributed by atoms with Gasteiger partial charge in [0.1, 0.15) is 12.7 Å². The van der Waals surface area contributed by atoms with E-state index in [1.807, 2.05) is 13.1 Å². The molecule has 1 atom stereocenters. The molecular weight excluding hydrogens is 230 g/mol. The average molecular weight is 245 g/mol. The molecular formula is C13H15N3O2. The van der Waals surface area contributed by atoms with E-state index in [-0.39, 0.29) is 18.6 Å². The molecule has 0 aliphatic carbocycles. The molecule has 1 aliphatic rings. The van der Waals surface area contributed by atoms with Crippen LogP contribution in [0.4, 0.5) is 5.69 Å². The minimum Gasteiger partial charge on any atom is -0.369 e. The first-order chi connectivity index (χ1) is 8.77. The van der Waals surface area contributed by atoms with Gasteiger partial charge in [0.2, 0.25) is 0 Å². The maximum Gasteiger partial charge on any atom is 0.253 e. The third-order valence-electron chi connectivity index (χ3n) is 2.89. The fraction of sp³-hybridized carbons (Fsp3) is 0.385. The molecule has 0 saturated carbocycles. The number of nitrogens with zero attached hydrogens (tertiary/aromatic N) is 2. The van der Waals surface area contributed by atoms with E-state index in [1.165, 1.54) is 0 Å². The van der Waals surface area contributed by atoms with Gasteiger partial charge >= 0.3 is 0 Å². The molecule has 0 spiro atoms. The topological polar surface area (TPSA) is 65.4 Å². The monoisotopic (exact) mass is 245 g/mol. The molecule has 1 heterocycles. The molecule has 1 amide bonds. The van der Waals surface area contributed by atoms with Gasteiger partial charge in [-0.3, -0.25) is 4.79 Å². The van der Waals surface area contributed by atoms with Crippen molar-refractivity contribution in [2.24, 2.45) is 0 Å². The first-order valence-corrected chi connectivity index (χ1v) is 5.81. The van der Waals surface area contributed by atoms with Gasteiger partial charge in [0.15, 0.2) is 0 Å². The molecule has 1 unspecified atom stereocenters. The summed E-state index contributed by atoms with van der Waals surface area (Å²) < 4.78 is 5.26. The molecule has 94 valence electrons. The van der Waals surface area contributed by atoms with Gasteiger partial charge in [0, 0.05) is 6.54 Å². The first kappa shape index (κ1) is 12.6. The Morgan fingerprint density at radius 2 is 2.33 bits per heavy atom. The van der Waals surface area contributed by atoms with Crippen molar-refractivity contribution in [3.63, 3.8) is 0 Å². The Hall–Kier alpha value is -1.90. The molecule has 1 aliphatic heterocycles. The fourth-order valence-electron chi connectivity index (χ4n) is 2.13. The van der Waals surface area contributed by atoms with E-state index in [1.54, 1.807) is 23.1 Å². The van der Waals surface area contributed by atoms with E-state index in [0.717, 1.165) is 0 Å². The van der Waals surface area contributed by atoms with Crippen LogP contribution in [0.5, 0.6) is 0 Å². The number of rotatable bonds is 3. The number of ether oxygens (including phenoxy) is 1. The van der Waals surface area contributed by atoms with Crippen LogP contribution in [0.25, 0.3) is 0 Å². The number of carbonyl (C=O) groups is 1. The smallest absolute Gasteiger partial charge is 0.253 e. The summed E-state index contributed by atoms with van der Waals surface area (Å²) in [5.41, 5.74) is 1.17. The molecule has 1 saturated heterocycles. The van der Waals surface area contributed by atoms with E-state index in [0.29, 0.717) is 24.4 Å². The number of nitrogens with one attached hydrogen (secondary N) is 1. The van der Waals surface area contributed by atoms with Gasteiger partial charge in [-0.05, 0) is 19.2 Å². The van der Waals surface area contributed by atoms with Crippen LogP contribution in [0.3, 0.4) is 0 Å². The largest absolute Gasteiger partial charge is 0.369 e. The van der Waals surface area contributed by atoms with E-state index in [4.69, 9.17) is 10.00 Å². The molecule has 1 aromatic rings. The van der Waals surface area contributed by atoms with Crippen molar-refractivity contribution in [3.05, 3.63) is 29.8 Å². The molecule has 0 bridgehead atoms. The molecule has 5 nitrogen and oxygen atoms in total. The Morgan fingerprint density at radius 1 is 1.56 bits per heavy atom. The quantitative estimate of drug-likeness (QED) is 0.842. The zero-order valence-electron chi connectivity index (χ0n) is 10.2. The minimum atomic E-state index is -0.107. The highest BCUT2D eigenvalue weighted by atomic mass is 16.5. The average Bonchev–Trinajstić information content (AvgIpc) is 2.39. The number of benzene rings is 1. The lowest BCUT2D eigenvalue weighted by molar-refractivity contribution is -0.127. The van der Waals surface area contributed by atoms with Crippen LogP contribution in [0, 0.1) is 11.3 Å². The Morgan fingerprint density at radius 3 is 3.06 bits per heavy atom. The second-order valence-electron chi connectivity index (χ2n) is 4.12. The van der Waals surface area contributed by atoms with E-state index in [2.05, 4.69) is 11.4 Å². The zero-order chi connectivity index (χ0) is 13.0. The first-order valence-electron chi connectivity index (χ1n) is 5.81. The Kier molecular flexibility index (Phi) is 3.92. The van der Waals surface area contributed by atoms with Crippen LogP contribution < -0.4 is 10.2 Å². The minimum absolute atomic E-state index is 0.0694. The highest BCUT2D eigenvalue weighted by Gasteiger charge is 2.30. The van der Waals surface area contributed by atoms with Crippen LogP contribution in [-0.4, -0.2) is 38.8 Å². The van der Waals surface area contributed by atoms with Crippen LogP contribution >= 0.6 is 0 Å². The summed E-state index contributed by atoms with van der Waals surface area (Å²) in [5, 5.41) is 12.2. The highest BCUT2D eigenvalue weighted by molar-refractivity contribution is 5.96. The summed E-state index contributed by atoms with van der Waals surface area (Å²) in [6.45, 7) is 1.18. The van der Waals surface area contributed by atoms with Crippen LogP contribution in [0.1, 0.15) is 5.56 Å². The lowest BCUT2D eigenvalue weighted by Gasteiger charge is -2.35. The van der Waals surface area contributed by atoms with Crippen molar-refractivity contribution in [1.82, 2.24) is 5.32 Å². The molecule has 2 rings (SSSR count). The maximum absolute atomic E-state index is 12.0. The predicted molar refractivity (Wildman–Crippen MR) is 67.2 cm³/mol. The zero-order valence-corrected chi connectivity index (χ0v) is 10.2. The van der Waals surface area contributed by atoms with E-state index in [9.17, 15) is 4.79 Å². The van der Waals surface area contributed by atoms with Gasteiger partial charge in [-0.2, -0.15) is 5.26 Å². The third-order valence-corrected chi connectivity index (χ3v) is 2.89. The SMILES string of the molecule is CNCC1COCC(=O)N1c1ccccc1C#N. The summed E-state index contributed by atoms with van der Waals surface area (Å²) in [6, 6.07) is 9.18. The number of morpholine rings is 1. The van der Waals surface area contributed by atoms with Gasteiger partial charge in [0.25, 0.3) is 5.91 Å². The van der Waals surface area contributed by atoms with Gasteiger partial charge in [0.05, 0.1) is 23.9 Å². The second-order valence-corrected chi connectivity index (χ2v) is 4.12. The summed E-state index contributed by atoms with van der Waals surface area (Å²) >= 11 is 0. The standard InChI is InChI=1S/C13H15N3O2/c1-15-7-11-8-18-9-13(17)16(11)12-5-3-2-4-10(12)6-14/h2-5,11,15H,7-9H2,1H3. The normalized spacial score (nSPS) is 19.7. The number of anilines is 1. The molecule has 1 fully saturated rings. The van der Waals surface area contributed by atoms with Crippen molar-refractivity contribution in [3.8, 4) is 6.07 Å². The van der Waals surface area contributed by atoms with Gasteiger partial charge < -0.3 is 15.0 Å². The van der Waals surface area contributed by atoms with Crippen molar-refractivity contribution >= 4 is 11.6 Å². The molecule has 1 N–H and O–H groups in total. The third kappa shape index (κ3) is 2.35.